The Balaban J connectivity index is 2.09. The zero-order valence-corrected chi connectivity index (χ0v) is 9.86. The van der Waals surface area contributed by atoms with Crippen LogP contribution in [0.3, 0.4) is 0 Å². The minimum atomic E-state index is 0.442. The van der Waals surface area contributed by atoms with Gasteiger partial charge in [0.2, 0.25) is 0 Å². The zero-order valence-electron chi connectivity index (χ0n) is 9.86. The van der Waals surface area contributed by atoms with Gasteiger partial charge in [-0.1, -0.05) is 19.1 Å². The molecule has 0 bridgehead atoms. The van der Waals surface area contributed by atoms with Crippen molar-refractivity contribution in [1.29, 1.82) is 0 Å². The number of hydrogen-bond acceptors (Lipinski definition) is 3. The molecule has 1 fully saturated rings. The number of benzene rings is 1. The van der Waals surface area contributed by atoms with Crippen molar-refractivity contribution < 1.29 is 4.84 Å². The molecule has 2 rings (SSSR count). The number of aryl methyl sites for hydroxylation is 1. The third kappa shape index (κ3) is 2.36. The number of nitrogens with two attached hydrogens (primary N) is 1. The largest absolute Gasteiger partial charge is 0.366 e. The number of anilines is 1. The summed E-state index contributed by atoms with van der Waals surface area (Å²) < 4.78 is 0. The van der Waals surface area contributed by atoms with E-state index in [9.17, 15) is 0 Å². The molecule has 1 aliphatic heterocycles. The molecule has 2 N–H and O–H groups in total. The smallest absolute Gasteiger partial charge is 0.0882 e. The summed E-state index contributed by atoms with van der Waals surface area (Å²) in [5.74, 6) is 5.17. The lowest BCUT2D eigenvalue weighted by Gasteiger charge is -2.26. The molecule has 1 unspecified atom stereocenters. The van der Waals surface area contributed by atoms with Crippen LogP contribution in [0.15, 0.2) is 24.3 Å². The topological polar surface area (TPSA) is 38.5 Å². The second-order valence-electron chi connectivity index (χ2n) is 4.34. The molecule has 0 aliphatic carbocycles. The van der Waals surface area contributed by atoms with Gasteiger partial charge in [0.15, 0.2) is 0 Å². The summed E-state index contributed by atoms with van der Waals surface area (Å²) in [7, 11) is 0. The first-order chi connectivity index (χ1) is 7.85. The quantitative estimate of drug-likeness (QED) is 0.790. The van der Waals surface area contributed by atoms with Crippen molar-refractivity contribution in [2.75, 3.05) is 18.1 Å². The fraction of sp³-hybridized carbons (Fsp3) is 0.538. The molecular formula is C13H20N2O. The van der Waals surface area contributed by atoms with Crippen LogP contribution in [0.1, 0.15) is 25.3 Å². The standard InChI is InChI=1S/C13H20N2O/c1-2-11-5-7-12(8-6-11)15-9-3-4-13(15)10-16-14/h5-8,13H,2-4,9-10,14H2,1H3. The Hall–Kier alpha value is -1.06. The maximum atomic E-state index is 5.17. The first-order valence-electron chi connectivity index (χ1n) is 6.02. The minimum absolute atomic E-state index is 0.442. The Bertz CT molecular complexity index is 323. The Kier molecular flexibility index (Phi) is 3.80. The van der Waals surface area contributed by atoms with Crippen molar-refractivity contribution in [2.45, 2.75) is 32.2 Å². The molecule has 88 valence electrons. The van der Waals surface area contributed by atoms with Crippen LogP contribution in [0.4, 0.5) is 5.69 Å². The second kappa shape index (κ2) is 5.32. The van der Waals surface area contributed by atoms with Gasteiger partial charge in [-0.2, -0.15) is 0 Å². The van der Waals surface area contributed by atoms with Gasteiger partial charge >= 0.3 is 0 Å². The van der Waals surface area contributed by atoms with Crippen LogP contribution in [-0.2, 0) is 11.3 Å². The van der Waals surface area contributed by atoms with Crippen molar-refractivity contribution in [3.63, 3.8) is 0 Å². The van der Waals surface area contributed by atoms with Crippen LogP contribution in [0, 0.1) is 0 Å². The number of nitrogens with zero attached hydrogens (tertiary/aromatic N) is 1. The SMILES string of the molecule is CCc1ccc(N2CCCC2CON)cc1. The normalized spacial score (nSPS) is 20.4. The summed E-state index contributed by atoms with van der Waals surface area (Å²) in [6.07, 6.45) is 3.49. The predicted molar refractivity (Wildman–Crippen MR) is 66.3 cm³/mol. The fourth-order valence-corrected chi connectivity index (χ4v) is 2.38. The molecule has 0 saturated carbocycles. The monoisotopic (exact) mass is 220 g/mol. The van der Waals surface area contributed by atoms with Gasteiger partial charge in [0.1, 0.15) is 0 Å². The van der Waals surface area contributed by atoms with E-state index in [1.807, 2.05) is 0 Å². The van der Waals surface area contributed by atoms with E-state index >= 15 is 0 Å². The Morgan fingerprint density at radius 3 is 2.75 bits per heavy atom. The van der Waals surface area contributed by atoms with Gasteiger partial charge < -0.3 is 9.74 Å². The highest BCUT2D eigenvalue weighted by molar-refractivity contribution is 5.49. The van der Waals surface area contributed by atoms with Gasteiger partial charge in [-0.3, -0.25) is 0 Å². The summed E-state index contributed by atoms with van der Waals surface area (Å²) in [4.78, 5) is 7.18. The van der Waals surface area contributed by atoms with Crippen LogP contribution in [0.25, 0.3) is 0 Å². The third-order valence-corrected chi connectivity index (χ3v) is 3.34. The molecule has 1 aromatic carbocycles. The van der Waals surface area contributed by atoms with Crippen molar-refractivity contribution in [1.82, 2.24) is 0 Å². The fourth-order valence-electron chi connectivity index (χ4n) is 2.38. The van der Waals surface area contributed by atoms with Gasteiger partial charge in [-0.05, 0) is 37.0 Å². The predicted octanol–water partition coefficient (Wildman–Crippen LogP) is 2.11. The lowest BCUT2D eigenvalue weighted by atomic mass is 10.1. The summed E-state index contributed by atoms with van der Waals surface area (Å²) in [5.41, 5.74) is 2.67. The van der Waals surface area contributed by atoms with Crippen molar-refractivity contribution >= 4 is 5.69 Å². The minimum Gasteiger partial charge on any atom is -0.366 e. The first-order valence-corrected chi connectivity index (χ1v) is 6.02. The molecule has 0 amide bonds. The van der Waals surface area contributed by atoms with Crippen LogP contribution in [0.5, 0.6) is 0 Å². The highest BCUT2D eigenvalue weighted by Gasteiger charge is 2.24. The molecule has 0 spiro atoms. The van der Waals surface area contributed by atoms with Crippen LogP contribution in [0.2, 0.25) is 0 Å². The summed E-state index contributed by atoms with van der Waals surface area (Å²) in [5, 5.41) is 0. The molecule has 1 saturated heterocycles. The highest BCUT2D eigenvalue weighted by Crippen LogP contribution is 2.25. The van der Waals surface area contributed by atoms with E-state index in [2.05, 4.69) is 36.1 Å². The first kappa shape index (κ1) is 11.4. The second-order valence-corrected chi connectivity index (χ2v) is 4.34. The van der Waals surface area contributed by atoms with E-state index in [0.29, 0.717) is 12.6 Å². The van der Waals surface area contributed by atoms with E-state index in [4.69, 9.17) is 10.7 Å². The highest BCUT2D eigenvalue weighted by atomic mass is 16.6. The van der Waals surface area contributed by atoms with Crippen LogP contribution in [-0.4, -0.2) is 19.2 Å². The Morgan fingerprint density at radius 1 is 1.38 bits per heavy atom. The summed E-state index contributed by atoms with van der Waals surface area (Å²) in [6, 6.07) is 9.25. The zero-order chi connectivity index (χ0) is 11.4. The number of hydrogen-bond donors (Lipinski definition) is 1. The summed E-state index contributed by atoms with van der Waals surface area (Å²) >= 11 is 0. The van der Waals surface area contributed by atoms with Gasteiger partial charge in [-0.15, -0.1) is 0 Å². The molecule has 1 heterocycles. The molecule has 0 aromatic heterocycles. The van der Waals surface area contributed by atoms with E-state index < -0.39 is 0 Å². The van der Waals surface area contributed by atoms with Gasteiger partial charge in [0.25, 0.3) is 0 Å². The molecule has 16 heavy (non-hydrogen) atoms. The molecule has 1 atom stereocenters. The number of rotatable bonds is 4. The van der Waals surface area contributed by atoms with E-state index in [0.717, 1.165) is 13.0 Å². The van der Waals surface area contributed by atoms with Gasteiger partial charge in [0, 0.05) is 12.2 Å². The average molecular weight is 220 g/mol. The van der Waals surface area contributed by atoms with Gasteiger partial charge in [-0.25, -0.2) is 5.90 Å². The Labute approximate surface area is 97.1 Å². The lowest BCUT2D eigenvalue weighted by Crippen LogP contribution is -2.33. The summed E-state index contributed by atoms with van der Waals surface area (Å²) in [6.45, 7) is 3.91. The molecule has 3 heteroatoms. The van der Waals surface area contributed by atoms with E-state index in [1.54, 1.807) is 0 Å². The molecular weight excluding hydrogens is 200 g/mol. The van der Waals surface area contributed by atoms with Crippen LogP contribution < -0.4 is 10.8 Å². The van der Waals surface area contributed by atoms with E-state index in [1.165, 1.54) is 24.1 Å². The molecule has 0 radical (unpaired) electrons. The van der Waals surface area contributed by atoms with Crippen LogP contribution >= 0.6 is 0 Å². The molecule has 3 nitrogen and oxygen atoms in total. The third-order valence-electron chi connectivity index (χ3n) is 3.34. The lowest BCUT2D eigenvalue weighted by molar-refractivity contribution is 0.124. The van der Waals surface area contributed by atoms with Crippen molar-refractivity contribution in [2.24, 2.45) is 5.90 Å². The van der Waals surface area contributed by atoms with Gasteiger partial charge in [0.05, 0.1) is 12.6 Å². The van der Waals surface area contributed by atoms with Crippen molar-refractivity contribution in [3.05, 3.63) is 29.8 Å². The average Bonchev–Trinajstić information content (AvgIpc) is 2.78. The molecule has 1 aliphatic rings. The van der Waals surface area contributed by atoms with Crippen molar-refractivity contribution in [3.8, 4) is 0 Å². The maximum absolute atomic E-state index is 5.17. The Morgan fingerprint density at radius 2 is 2.12 bits per heavy atom. The van der Waals surface area contributed by atoms with E-state index in [-0.39, 0.29) is 0 Å². The molecule has 1 aromatic rings. The maximum Gasteiger partial charge on any atom is 0.0882 e.